The molecule has 5 aromatic rings. The molecule has 0 aliphatic heterocycles. The summed E-state index contributed by atoms with van der Waals surface area (Å²) in [5.41, 5.74) is 8.48. The first-order chi connectivity index (χ1) is 13.0. The van der Waals surface area contributed by atoms with Crippen molar-refractivity contribution in [1.29, 1.82) is 0 Å². The number of aldehydes is 1. The van der Waals surface area contributed by atoms with Crippen molar-refractivity contribution in [3.05, 3.63) is 47.5 Å². The Morgan fingerprint density at radius 3 is 1.93 bits per heavy atom. The smallest absolute Gasteiger partial charge is 0.250 e. The van der Waals surface area contributed by atoms with Gasteiger partial charge in [0.15, 0.2) is 6.29 Å². The topological polar surface area (TPSA) is 132 Å². The summed E-state index contributed by atoms with van der Waals surface area (Å²) in [6.45, 7) is 0. The van der Waals surface area contributed by atoms with E-state index in [9.17, 15) is 19.8 Å². The van der Waals surface area contributed by atoms with Crippen LogP contribution in [0.1, 0.15) is 20.7 Å². The van der Waals surface area contributed by atoms with E-state index in [0.717, 1.165) is 0 Å². The minimum atomic E-state index is -0.747. The number of nitrogens with one attached hydrogen (secondary N) is 2. The van der Waals surface area contributed by atoms with E-state index in [0.29, 0.717) is 49.9 Å². The van der Waals surface area contributed by atoms with Crippen LogP contribution in [-0.2, 0) is 0 Å². The number of carbonyl (C=O) groups excluding carboxylic acids is 2. The van der Waals surface area contributed by atoms with E-state index in [1.807, 2.05) is 0 Å². The molecular formula is C20H13N3O4. The number of rotatable bonds is 2. The fourth-order valence-electron chi connectivity index (χ4n) is 3.91. The van der Waals surface area contributed by atoms with Crippen molar-refractivity contribution in [1.82, 2.24) is 9.97 Å². The summed E-state index contributed by atoms with van der Waals surface area (Å²) in [7, 11) is 0. The minimum Gasteiger partial charge on any atom is -0.508 e. The van der Waals surface area contributed by atoms with Crippen molar-refractivity contribution < 1.29 is 19.8 Å². The average molecular weight is 359 g/mol. The Kier molecular flexibility index (Phi) is 2.83. The zero-order valence-electron chi connectivity index (χ0n) is 13.8. The SMILES string of the molecule is NC(=O)c1c(C=O)c2c3cc(O)ccc3[nH]c2c2[nH]c3ccc(O)cc3c12. The first kappa shape index (κ1) is 15.3. The van der Waals surface area contributed by atoms with Crippen molar-refractivity contribution in [2.75, 3.05) is 0 Å². The van der Waals surface area contributed by atoms with Gasteiger partial charge in [-0.2, -0.15) is 0 Å². The number of amides is 1. The Hall–Kier alpha value is -4.00. The second kappa shape index (κ2) is 5.01. The molecule has 0 bridgehead atoms. The Morgan fingerprint density at radius 1 is 0.889 bits per heavy atom. The van der Waals surface area contributed by atoms with Crippen molar-refractivity contribution in [3.63, 3.8) is 0 Å². The molecule has 6 N–H and O–H groups in total. The van der Waals surface area contributed by atoms with Crippen molar-refractivity contribution >= 4 is 55.8 Å². The summed E-state index contributed by atoms with van der Waals surface area (Å²) in [4.78, 5) is 30.8. The highest BCUT2D eigenvalue weighted by atomic mass is 16.3. The molecule has 7 heteroatoms. The number of fused-ring (bicyclic) bond motifs is 7. The van der Waals surface area contributed by atoms with Gasteiger partial charge in [0.1, 0.15) is 11.5 Å². The zero-order valence-corrected chi connectivity index (χ0v) is 13.8. The van der Waals surface area contributed by atoms with E-state index in [1.54, 1.807) is 12.1 Å². The summed E-state index contributed by atoms with van der Waals surface area (Å²) >= 11 is 0. The molecule has 7 nitrogen and oxygen atoms in total. The van der Waals surface area contributed by atoms with Crippen LogP contribution in [0, 0.1) is 0 Å². The highest BCUT2D eigenvalue weighted by Gasteiger charge is 2.24. The van der Waals surface area contributed by atoms with Gasteiger partial charge in [0.2, 0.25) is 5.91 Å². The molecule has 27 heavy (non-hydrogen) atoms. The monoisotopic (exact) mass is 359 g/mol. The van der Waals surface area contributed by atoms with Gasteiger partial charge >= 0.3 is 0 Å². The number of H-pyrrole nitrogens is 2. The molecular weight excluding hydrogens is 346 g/mol. The lowest BCUT2D eigenvalue weighted by atomic mass is 9.95. The molecule has 0 saturated carbocycles. The highest BCUT2D eigenvalue weighted by molar-refractivity contribution is 6.32. The van der Waals surface area contributed by atoms with Crippen LogP contribution >= 0.6 is 0 Å². The van der Waals surface area contributed by atoms with Gasteiger partial charge in [0.05, 0.1) is 16.6 Å². The molecule has 0 atom stereocenters. The lowest BCUT2D eigenvalue weighted by Crippen LogP contribution is -2.14. The van der Waals surface area contributed by atoms with Crippen LogP contribution in [0.5, 0.6) is 11.5 Å². The maximum atomic E-state index is 12.3. The highest BCUT2D eigenvalue weighted by Crippen LogP contribution is 2.40. The van der Waals surface area contributed by atoms with Gasteiger partial charge < -0.3 is 25.9 Å². The standard InChI is InChI=1S/C20H13N3O4/c21-20(27)17-12(7-24)15-10-5-8(25)1-3-13(10)22-18(15)19-16(17)11-6-9(26)2-4-14(11)23-19/h1-7,22-23,25-26H,(H2,21,27). The fourth-order valence-corrected chi connectivity index (χ4v) is 3.91. The zero-order chi connectivity index (χ0) is 18.9. The van der Waals surface area contributed by atoms with Gasteiger partial charge in [-0.25, -0.2) is 0 Å². The van der Waals surface area contributed by atoms with Gasteiger partial charge in [0.25, 0.3) is 0 Å². The molecule has 0 unspecified atom stereocenters. The van der Waals surface area contributed by atoms with Crippen LogP contribution in [-0.4, -0.2) is 32.4 Å². The lowest BCUT2D eigenvalue weighted by Gasteiger charge is -2.07. The number of nitrogens with two attached hydrogens (primary N) is 1. The minimum absolute atomic E-state index is 0.0353. The number of aromatic nitrogens is 2. The number of primary amides is 1. The quantitative estimate of drug-likeness (QED) is 0.309. The van der Waals surface area contributed by atoms with Crippen LogP contribution < -0.4 is 5.73 Å². The first-order valence-corrected chi connectivity index (χ1v) is 8.19. The number of benzene rings is 3. The van der Waals surface area contributed by atoms with Crippen LogP contribution in [0.2, 0.25) is 0 Å². The number of aromatic hydroxyl groups is 2. The van der Waals surface area contributed by atoms with Gasteiger partial charge in [-0.15, -0.1) is 0 Å². The van der Waals surface area contributed by atoms with Crippen molar-refractivity contribution in [3.8, 4) is 11.5 Å². The molecule has 5 rings (SSSR count). The maximum Gasteiger partial charge on any atom is 0.250 e. The summed E-state index contributed by atoms with van der Waals surface area (Å²) in [5, 5.41) is 21.9. The van der Waals surface area contributed by atoms with Gasteiger partial charge in [-0.1, -0.05) is 0 Å². The van der Waals surface area contributed by atoms with Gasteiger partial charge in [-0.05, 0) is 36.4 Å². The Labute approximate surface area is 151 Å². The molecule has 132 valence electrons. The summed E-state index contributed by atoms with van der Waals surface area (Å²) in [5.74, 6) is -0.668. The molecule has 2 aromatic heterocycles. The fraction of sp³-hybridized carbons (Fsp3) is 0. The van der Waals surface area contributed by atoms with E-state index in [-0.39, 0.29) is 22.6 Å². The van der Waals surface area contributed by atoms with E-state index >= 15 is 0 Å². The predicted molar refractivity (Wildman–Crippen MR) is 102 cm³/mol. The van der Waals surface area contributed by atoms with E-state index < -0.39 is 5.91 Å². The van der Waals surface area contributed by atoms with Crippen LogP contribution in [0.4, 0.5) is 0 Å². The summed E-state index contributed by atoms with van der Waals surface area (Å²) < 4.78 is 0. The molecule has 0 aliphatic carbocycles. The second-order valence-corrected chi connectivity index (χ2v) is 6.48. The Balaban J connectivity index is 2.18. The third-order valence-electron chi connectivity index (χ3n) is 4.97. The normalized spacial score (nSPS) is 11.7. The average Bonchev–Trinajstić information content (AvgIpc) is 3.18. The number of aromatic amines is 2. The van der Waals surface area contributed by atoms with E-state index in [4.69, 9.17) is 5.73 Å². The molecule has 0 spiro atoms. The number of hydrogen-bond donors (Lipinski definition) is 5. The van der Waals surface area contributed by atoms with Crippen molar-refractivity contribution in [2.45, 2.75) is 0 Å². The molecule has 0 saturated heterocycles. The summed E-state index contributed by atoms with van der Waals surface area (Å²) in [6.07, 6.45) is 0.598. The van der Waals surface area contributed by atoms with E-state index in [2.05, 4.69) is 9.97 Å². The third-order valence-corrected chi connectivity index (χ3v) is 4.97. The van der Waals surface area contributed by atoms with Crippen molar-refractivity contribution in [2.24, 2.45) is 5.73 Å². The predicted octanol–water partition coefficient (Wildman–Crippen LogP) is 3.28. The molecule has 0 radical (unpaired) electrons. The summed E-state index contributed by atoms with van der Waals surface area (Å²) in [6, 6.07) is 9.51. The molecule has 2 heterocycles. The maximum absolute atomic E-state index is 12.3. The van der Waals surface area contributed by atoms with Gasteiger partial charge in [-0.3, -0.25) is 9.59 Å². The molecule has 0 aliphatic rings. The Bertz CT molecular complexity index is 1440. The molecule has 0 fully saturated rings. The number of hydrogen-bond acceptors (Lipinski definition) is 4. The third kappa shape index (κ3) is 1.90. The molecule has 3 aromatic carbocycles. The first-order valence-electron chi connectivity index (χ1n) is 8.19. The Morgan fingerprint density at radius 2 is 1.41 bits per heavy atom. The molecule has 1 amide bonds. The van der Waals surface area contributed by atoms with Gasteiger partial charge in [0, 0.05) is 38.1 Å². The number of phenolic OH excluding ortho intramolecular Hbond substituents is 2. The van der Waals surface area contributed by atoms with Crippen LogP contribution in [0.15, 0.2) is 36.4 Å². The number of phenols is 2. The second-order valence-electron chi connectivity index (χ2n) is 6.48. The van der Waals surface area contributed by atoms with Crippen LogP contribution in [0.25, 0.3) is 43.6 Å². The number of carbonyl (C=O) groups is 2. The van der Waals surface area contributed by atoms with E-state index in [1.165, 1.54) is 24.3 Å². The van der Waals surface area contributed by atoms with Crippen LogP contribution in [0.3, 0.4) is 0 Å². The largest absolute Gasteiger partial charge is 0.508 e. The lowest BCUT2D eigenvalue weighted by molar-refractivity contribution is 0.0995.